The number of halogens is 1. The smallest absolute Gasteiger partial charge is 0.208 e. The number of benzene rings is 2. The molecule has 0 heterocycles. The molecule has 6 heteroatoms. The number of hydrogen-bond acceptors (Lipinski definition) is 4. The SMILES string of the molecule is CCCOc1cc(C)cc(S(=O)(=O)c2cccc(F)c2C#N)c1. The Morgan fingerprint density at radius 3 is 2.65 bits per heavy atom. The van der Waals surface area contributed by atoms with Crippen LogP contribution in [0.15, 0.2) is 46.2 Å². The minimum Gasteiger partial charge on any atom is -0.494 e. The predicted molar refractivity (Wildman–Crippen MR) is 83.5 cm³/mol. The molecular weight excluding hydrogens is 317 g/mol. The predicted octanol–water partition coefficient (Wildman–Crippen LogP) is 3.63. The van der Waals surface area contributed by atoms with Gasteiger partial charge in [-0.3, -0.25) is 0 Å². The monoisotopic (exact) mass is 333 g/mol. The van der Waals surface area contributed by atoms with Gasteiger partial charge in [0.05, 0.1) is 16.4 Å². The third-order valence-corrected chi connectivity index (χ3v) is 4.96. The largest absolute Gasteiger partial charge is 0.494 e. The number of hydrogen-bond donors (Lipinski definition) is 0. The topological polar surface area (TPSA) is 67.2 Å². The molecule has 0 amide bonds. The number of ether oxygens (including phenoxy) is 1. The zero-order valence-corrected chi connectivity index (χ0v) is 13.7. The Morgan fingerprint density at radius 2 is 2.00 bits per heavy atom. The molecule has 0 radical (unpaired) electrons. The molecule has 4 nitrogen and oxygen atoms in total. The van der Waals surface area contributed by atoms with Gasteiger partial charge in [0.25, 0.3) is 0 Å². The van der Waals surface area contributed by atoms with Crippen LogP contribution in [0.25, 0.3) is 0 Å². The average molecular weight is 333 g/mol. The zero-order chi connectivity index (χ0) is 17.0. The summed E-state index contributed by atoms with van der Waals surface area (Å²) in [6.07, 6.45) is 0.790. The summed E-state index contributed by atoms with van der Waals surface area (Å²) in [5.41, 5.74) is 0.220. The maximum atomic E-state index is 13.7. The number of aryl methyl sites for hydroxylation is 1. The third kappa shape index (κ3) is 3.51. The fourth-order valence-corrected chi connectivity index (χ4v) is 3.67. The van der Waals surface area contributed by atoms with Crippen LogP contribution in [0, 0.1) is 24.1 Å². The Bertz CT molecular complexity index is 870. The molecule has 0 spiro atoms. The molecule has 0 atom stereocenters. The van der Waals surface area contributed by atoms with Gasteiger partial charge in [0.15, 0.2) is 0 Å². The molecule has 120 valence electrons. The normalized spacial score (nSPS) is 11.0. The van der Waals surface area contributed by atoms with Crippen LogP contribution in [-0.4, -0.2) is 15.0 Å². The van der Waals surface area contributed by atoms with Crippen molar-refractivity contribution in [3.8, 4) is 11.8 Å². The van der Waals surface area contributed by atoms with E-state index < -0.39 is 21.2 Å². The molecule has 0 unspecified atom stereocenters. The van der Waals surface area contributed by atoms with Gasteiger partial charge < -0.3 is 4.74 Å². The van der Waals surface area contributed by atoms with Crippen LogP contribution in [0.5, 0.6) is 5.75 Å². The summed E-state index contributed by atoms with van der Waals surface area (Å²) in [4.78, 5) is -0.363. The van der Waals surface area contributed by atoms with Crippen LogP contribution >= 0.6 is 0 Å². The fraction of sp³-hybridized carbons (Fsp3) is 0.235. The molecule has 0 saturated carbocycles. The highest BCUT2D eigenvalue weighted by molar-refractivity contribution is 7.91. The lowest BCUT2D eigenvalue weighted by atomic mass is 10.2. The van der Waals surface area contributed by atoms with E-state index in [-0.39, 0.29) is 9.79 Å². The van der Waals surface area contributed by atoms with Crippen molar-refractivity contribution >= 4 is 9.84 Å². The zero-order valence-electron chi connectivity index (χ0n) is 12.8. The van der Waals surface area contributed by atoms with Gasteiger partial charge in [-0.2, -0.15) is 5.26 Å². The van der Waals surface area contributed by atoms with Crippen LogP contribution in [0.3, 0.4) is 0 Å². The summed E-state index contributed by atoms with van der Waals surface area (Å²) in [6.45, 7) is 4.15. The Labute approximate surface area is 135 Å². The molecule has 0 aliphatic rings. The van der Waals surface area contributed by atoms with E-state index in [1.54, 1.807) is 19.1 Å². The highest BCUT2D eigenvalue weighted by atomic mass is 32.2. The van der Waals surface area contributed by atoms with E-state index in [2.05, 4.69) is 0 Å². The number of sulfone groups is 1. The highest BCUT2D eigenvalue weighted by Gasteiger charge is 2.24. The average Bonchev–Trinajstić information content (AvgIpc) is 2.52. The Morgan fingerprint density at radius 1 is 1.26 bits per heavy atom. The van der Waals surface area contributed by atoms with Gasteiger partial charge in [-0.25, -0.2) is 12.8 Å². The van der Waals surface area contributed by atoms with Crippen molar-refractivity contribution in [2.24, 2.45) is 0 Å². The Hall–Kier alpha value is -2.39. The van der Waals surface area contributed by atoms with E-state index >= 15 is 0 Å². The van der Waals surface area contributed by atoms with E-state index in [4.69, 9.17) is 10.00 Å². The minimum atomic E-state index is -4.02. The van der Waals surface area contributed by atoms with Crippen molar-refractivity contribution in [2.45, 2.75) is 30.1 Å². The van der Waals surface area contributed by atoms with Crippen molar-refractivity contribution < 1.29 is 17.5 Å². The Kier molecular flexibility index (Phi) is 5.02. The molecule has 2 aromatic rings. The van der Waals surface area contributed by atoms with Crippen molar-refractivity contribution in [3.63, 3.8) is 0 Å². The molecule has 0 N–H and O–H groups in total. The first-order chi connectivity index (χ1) is 10.9. The van der Waals surface area contributed by atoms with Gasteiger partial charge in [0.2, 0.25) is 9.84 Å². The van der Waals surface area contributed by atoms with Crippen molar-refractivity contribution in [3.05, 3.63) is 53.3 Å². The van der Waals surface area contributed by atoms with Gasteiger partial charge >= 0.3 is 0 Å². The van der Waals surface area contributed by atoms with Crippen molar-refractivity contribution in [1.82, 2.24) is 0 Å². The maximum Gasteiger partial charge on any atom is 0.208 e. The van der Waals surface area contributed by atoms with E-state index in [9.17, 15) is 12.8 Å². The first-order valence-corrected chi connectivity index (χ1v) is 8.56. The molecule has 0 fully saturated rings. The van der Waals surface area contributed by atoms with E-state index in [0.29, 0.717) is 17.9 Å². The fourth-order valence-electron chi connectivity index (χ4n) is 2.14. The molecule has 0 aliphatic heterocycles. The van der Waals surface area contributed by atoms with E-state index in [1.165, 1.54) is 24.3 Å². The van der Waals surface area contributed by atoms with Crippen molar-refractivity contribution in [2.75, 3.05) is 6.61 Å². The lowest BCUT2D eigenvalue weighted by Gasteiger charge is -2.11. The van der Waals surface area contributed by atoms with Gasteiger partial charge in [-0.1, -0.05) is 13.0 Å². The third-order valence-electron chi connectivity index (χ3n) is 3.18. The molecule has 0 aromatic heterocycles. The minimum absolute atomic E-state index is 0.0225. The van der Waals surface area contributed by atoms with Gasteiger partial charge in [0, 0.05) is 0 Å². The lowest BCUT2D eigenvalue weighted by molar-refractivity contribution is 0.316. The molecule has 2 rings (SSSR count). The summed E-state index contributed by atoms with van der Waals surface area (Å²) in [5, 5.41) is 9.06. The quantitative estimate of drug-likeness (QED) is 0.838. The Balaban J connectivity index is 2.59. The van der Waals surface area contributed by atoms with Crippen LogP contribution in [0.1, 0.15) is 24.5 Å². The summed E-state index contributed by atoms with van der Waals surface area (Å²) in [5.74, 6) is -0.427. The van der Waals surface area contributed by atoms with Crippen LogP contribution < -0.4 is 4.74 Å². The summed E-state index contributed by atoms with van der Waals surface area (Å²) in [6, 6.07) is 9.77. The van der Waals surface area contributed by atoms with Crippen LogP contribution in [0.2, 0.25) is 0 Å². The molecule has 2 aromatic carbocycles. The van der Waals surface area contributed by atoms with Gasteiger partial charge in [-0.05, 0) is 49.2 Å². The maximum absolute atomic E-state index is 13.7. The molecular formula is C17H16FNO3S. The molecule has 23 heavy (non-hydrogen) atoms. The first-order valence-electron chi connectivity index (χ1n) is 7.08. The second-order valence-corrected chi connectivity index (χ2v) is 6.98. The standard InChI is InChI=1S/C17H16FNO3S/c1-3-7-22-13-8-12(2)9-14(10-13)23(20,21)17-6-4-5-16(18)15(17)11-19/h4-6,8-10H,3,7H2,1-2H3. The molecule has 0 saturated heterocycles. The van der Waals surface area contributed by atoms with Crippen LogP contribution in [0.4, 0.5) is 4.39 Å². The van der Waals surface area contributed by atoms with Crippen molar-refractivity contribution in [1.29, 1.82) is 5.26 Å². The lowest BCUT2D eigenvalue weighted by Crippen LogP contribution is -2.07. The van der Waals surface area contributed by atoms with Gasteiger partial charge in [0.1, 0.15) is 23.2 Å². The van der Waals surface area contributed by atoms with Gasteiger partial charge in [-0.15, -0.1) is 0 Å². The number of nitriles is 1. The van der Waals surface area contributed by atoms with Crippen LogP contribution in [-0.2, 0) is 9.84 Å². The first kappa shape index (κ1) is 17.0. The molecule has 0 aliphatic carbocycles. The second-order valence-electron chi connectivity index (χ2n) is 5.06. The van der Waals surface area contributed by atoms with E-state index in [1.807, 2.05) is 6.92 Å². The summed E-state index contributed by atoms with van der Waals surface area (Å²) >= 11 is 0. The summed E-state index contributed by atoms with van der Waals surface area (Å²) in [7, 11) is -4.02. The second kappa shape index (κ2) is 6.80. The highest BCUT2D eigenvalue weighted by Crippen LogP contribution is 2.29. The van der Waals surface area contributed by atoms with E-state index in [0.717, 1.165) is 12.5 Å². The number of rotatable bonds is 5. The summed E-state index contributed by atoms with van der Waals surface area (Å²) < 4.78 is 44.7. The number of nitrogens with zero attached hydrogens (tertiary/aromatic N) is 1. The molecule has 0 bridgehead atoms.